The van der Waals surface area contributed by atoms with Crippen LogP contribution in [0.3, 0.4) is 0 Å². The van der Waals surface area contributed by atoms with Crippen molar-refractivity contribution in [2.24, 2.45) is 11.8 Å². The van der Waals surface area contributed by atoms with E-state index >= 15 is 0 Å². The molecule has 2 atom stereocenters. The largest absolute Gasteiger partial charge is 0.396 e. The maximum Gasteiger partial charge on any atom is 0.287 e. The van der Waals surface area contributed by atoms with Crippen LogP contribution in [0.1, 0.15) is 19.3 Å². The van der Waals surface area contributed by atoms with Crippen molar-refractivity contribution >= 4 is 17.3 Å². The number of hydrogen-bond donors (Lipinski definition) is 2. The summed E-state index contributed by atoms with van der Waals surface area (Å²) < 4.78 is 1.27. The second-order valence-corrected chi connectivity index (χ2v) is 5.54. The fourth-order valence-corrected chi connectivity index (χ4v) is 2.92. The van der Waals surface area contributed by atoms with Gasteiger partial charge in [0, 0.05) is 13.2 Å². The van der Waals surface area contributed by atoms with Crippen molar-refractivity contribution < 1.29 is 5.11 Å². The van der Waals surface area contributed by atoms with Gasteiger partial charge >= 0.3 is 0 Å². The van der Waals surface area contributed by atoms with Gasteiger partial charge in [-0.05, 0) is 24.7 Å². The maximum absolute atomic E-state index is 11.9. The second-order valence-electron chi connectivity index (χ2n) is 5.16. The number of aromatic nitrogens is 2. The smallest absolute Gasteiger partial charge is 0.287 e. The first-order valence-corrected chi connectivity index (χ1v) is 7.26. The zero-order chi connectivity index (χ0) is 14.5. The molecular weight excluding hydrogens is 278 g/mol. The standard InChI is InChI=1S/C14H20ClN3O2/c1-2-6-18-14(20)13(15)12(8-17-18)16-7-10-4-3-5-11(10)9-19/h2,8,10-11,16,19H,1,3-7,9H2. The second kappa shape index (κ2) is 6.90. The van der Waals surface area contributed by atoms with Crippen LogP contribution in [0.2, 0.25) is 5.02 Å². The lowest BCUT2D eigenvalue weighted by Gasteiger charge is -2.18. The molecule has 0 spiro atoms. The lowest BCUT2D eigenvalue weighted by Crippen LogP contribution is -2.25. The fourth-order valence-electron chi connectivity index (χ4n) is 2.70. The molecule has 0 amide bonds. The molecule has 2 rings (SSSR count). The molecule has 0 radical (unpaired) electrons. The number of nitrogens with zero attached hydrogens (tertiary/aromatic N) is 2. The van der Waals surface area contributed by atoms with Crippen LogP contribution in [0.4, 0.5) is 5.69 Å². The van der Waals surface area contributed by atoms with Crippen LogP contribution in [-0.4, -0.2) is 28.0 Å². The first kappa shape index (κ1) is 15.1. The predicted molar refractivity (Wildman–Crippen MR) is 80.1 cm³/mol. The van der Waals surface area contributed by atoms with Gasteiger partial charge in [0.05, 0.1) is 18.4 Å². The Balaban J connectivity index is 2.05. The van der Waals surface area contributed by atoms with Crippen LogP contribution in [0, 0.1) is 11.8 Å². The van der Waals surface area contributed by atoms with Gasteiger partial charge in [-0.1, -0.05) is 24.1 Å². The van der Waals surface area contributed by atoms with Gasteiger partial charge in [-0.25, -0.2) is 4.68 Å². The topological polar surface area (TPSA) is 67.2 Å². The van der Waals surface area contributed by atoms with Crippen molar-refractivity contribution in [2.45, 2.75) is 25.8 Å². The Kier molecular flexibility index (Phi) is 5.20. The summed E-state index contributed by atoms with van der Waals surface area (Å²) in [7, 11) is 0. The Hall–Kier alpha value is -1.33. The van der Waals surface area contributed by atoms with E-state index in [1.165, 1.54) is 4.68 Å². The lowest BCUT2D eigenvalue weighted by molar-refractivity contribution is 0.199. The molecule has 20 heavy (non-hydrogen) atoms. The molecule has 1 aromatic rings. The summed E-state index contributed by atoms with van der Waals surface area (Å²) in [5.41, 5.74) is 0.238. The van der Waals surface area contributed by atoms with Crippen LogP contribution in [0.25, 0.3) is 0 Å². The Labute approximate surface area is 123 Å². The highest BCUT2D eigenvalue weighted by Crippen LogP contribution is 2.31. The molecule has 2 N–H and O–H groups in total. The van der Waals surface area contributed by atoms with E-state index < -0.39 is 0 Å². The number of hydrogen-bond acceptors (Lipinski definition) is 4. The number of aliphatic hydroxyl groups excluding tert-OH is 1. The highest BCUT2D eigenvalue weighted by Gasteiger charge is 2.26. The summed E-state index contributed by atoms with van der Waals surface area (Å²) in [6, 6.07) is 0. The average molecular weight is 298 g/mol. The molecule has 6 heteroatoms. The summed E-state index contributed by atoms with van der Waals surface area (Å²) in [6.07, 6.45) is 6.47. The number of rotatable bonds is 6. The van der Waals surface area contributed by atoms with E-state index in [4.69, 9.17) is 11.6 Å². The monoisotopic (exact) mass is 297 g/mol. The third kappa shape index (κ3) is 3.22. The van der Waals surface area contributed by atoms with E-state index in [9.17, 15) is 9.90 Å². The molecule has 0 aromatic carbocycles. The summed E-state index contributed by atoms with van der Waals surface area (Å²) in [4.78, 5) is 11.9. The minimum atomic E-state index is -0.318. The van der Waals surface area contributed by atoms with Crippen LogP contribution >= 0.6 is 11.6 Å². The van der Waals surface area contributed by atoms with E-state index in [0.717, 1.165) is 19.3 Å². The van der Waals surface area contributed by atoms with Gasteiger partial charge in [-0.15, -0.1) is 6.58 Å². The lowest BCUT2D eigenvalue weighted by atomic mass is 9.97. The summed E-state index contributed by atoms with van der Waals surface area (Å²) in [5, 5.41) is 16.7. The molecule has 1 aromatic heterocycles. The molecule has 0 saturated heterocycles. The molecular formula is C14H20ClN3O2. The van der Waals surface area contributed by atoms with E-state index in [1.807, 2.05) is 0 Å². The number of allylic oxidation sites excluding steroid dienone is 1. The number of nitrogens with one attached hydrogen (secondary N) is 1. The van der Waals surface area contributed by atoms with Gasteiger partial charge in [0.15, 0.2) is 0 Å². The van der Waals surface area contributed by atoms with Gasteiger partial charge in [0.1, 0.15) is 5.02 Å². The fraction of sp³-hybridized carbons (Fsp3) is 0.571. The Morgan fingerprint density at radius 1 is 1.55 bits per heavy atom. The van der Waals surface area contributed by atoms with Crippen molar-refractivity contribution in [3.05, 3.63) is 34.2 Å². The highest BCUT2D eigenvalue weighted by molar-refractivity contribution is 6.32. The van der Waals surface area contributed by atoms with Crippen molar-refractivity contribution in [1.82, 2.24) is 9.78 Å². The molecule has 0 bridgehead atoms. The molecule has 0 aliphatic heterocycles. The van der Waals surface area contributed by atoms with E-state index in [-0.39, 0.29) is 17.2 Å². The maximum atomic E-state index is 11.9. The van der Waals surface area contributed by atoms with Crippen molar-refractivity contribution in [2.75, 3.05) is 18.5 Å². The highest BCUT2D eigenvalue weighted by atomic mass is 35.5. The third-order valence-corrected chi connectivity index (χ3v) is 4.26. The third-order valence-electron chi connectivity index (χ3n) is 3.89. The quantitative estimate of drug-likeness (QED) is 0.787. The Bertz CT molecular complexity index is 530. The molecule has 2 unspecified atom stereocenters. The zero-order valence-corrected chi connectivity index (χ0v) is 12.1. The Morgan fingerprint density at radius 3 is 3.00 bits per heavy atom. The van der Waals surface area contributed by atoms with Crippen LogP contribution in [-0.2, 0) is 6.54 Å². The SMILES string of the molecule is C=CCn1ncc(NCC2CCCC2CO)c(Cl)c1=O. The van der Waals surface area contributed by atoms with Gasteiger partial charge in [-0.3, -0.25) is 4.79 Å². The first-order chi connectivity index (χ1) is 9.67. The van der Waals surface area contributed by atoms with Crippen LogP contribution < -0.4 is 10.9 Å². The molecule has 1 aliphatic rings. The summed E-state index contributed by atoms with van der Waals surface area (Å²) in [5.74, 6) is 0.766. The van der Waals surface area contributed by atoms with Crippen molar-refractivity contribution in [1.29, 1.82) is 0 Å². The van der Waals surface area contributed by atoms with Crippen molar-refractivity contribution in [3.63, 3.8) is 0 Å². The minimum absolute atomic E-state index is 0.153. The first-order valence-electron chi connectivity index (χ1n) is 6.88. The Morgan fingerprint density at radius 2 is 2.30 bits per heavy atom. The van der Waals surface area contributed by atoms with E-state index in [2.05, 4.69) is 17.0 Å². The van der Waals surface area contributed by atoms with Gasteiger partial charge in [0.2, 0.25) is 0 Å². The summed E-state index contributed by atoms with van der Waals surface area (Å²) >= 11 is 6.07. The van der Waals surface area contributed by atoms with Crippen LogP contribution in [0.15, 0.2) is 23.6 Å². The van der Waals surface area contributed by atoms with E-state index in [1.54, 1.807) is 12.3 Å². The molecule has 1 fully saturated rings. The minimum Gasteiger partial charge on any atom is -0.396 e. The number of halogens is 1. The molecule has 110 valence electrons. The average Bonchev–Trinajstić information content (AvgIpc) is 2.91. The van der Waals surface area contributed by atoms with Gasteiger partial charge in [0.25, 0.3) is 5.56 Å². The van der Waals surface area contributed by atoms with E-state index in [0.29, 0.717) is 30.6 Å². The number of anilines is 1. The molecule has 1 saturated carbocycles. The molecule has 1 heterocycles. The summed E-state index contributed by atoms with van der Waals surface area (Å²) in [6.45, 7) is 4.84. The molecule has 5 nitrogen and oxygen atoms in total. The van der Waals surface area contributed by atoms with Crippen LogP contribution in [0.5, 0.6) is 0 Å². The van der Waals surface area contributed by atoms with Gasteiger partial charge < -0.3 is 10.4 Å². The predicted octanol–water partition coefficient (Wildman–Crippen LogP) is 1.90. The van der Waals surface area contributed by atoms with Gasteiger partial charge in [-0.2, -0.15) is 5.10 Å². The molecule has 1 aliphatic carbocycles. The van der Waals surface area contributed by atoms with Crippen molar-refractivity contribution in [3.8, 4) is 0 Å². The number of aliphatic hydroxyl groups is 1. The zero-order valence-electron chi connectivity index (χ0n) is 11.4. The normalized spacial score (nSPS) is 21.9.